The molecule has 0 bridgehead atoms. The van der Waals surface area contributed by atoms with Crippen LogP contribution >= 0.6 is 0 Å². The SMILES string of the molecule is NC[C@@H]1CC[C@@H](COCc2ccccc2)CO1. The van der Waals surface area contributed by atoms with Gasteiger partial charge in [-0.15, -0.1) is 0 Å². The van der Waals surface area contributed by atoms with Crippen LogP contribution in [-0.2, 0) is 16.1 Å². The quantitative estimate of drug-likeness (QED) is 0.848. The van der Waals surface area contributed by atoms with Crippen molar-refractivity contribution in [3.05, 3.63) is 35.9 Å². The van der Waals surface area contributed by atoms with Crippen molar-refractivity contribution < 1.29 is 9.47 Å². The highest BCUT2D eigenvalue weighted by atomic mass is 16.5. The van der Waals surface area contributed by atoms with Gasteiger partial charge in [-0.3, -0.25) is 0 Å². The van der Waals surface area contributed by atoms with E-state index in [1.165, 1.54) is 5.56 Å². The summed E-state index contributed by atoms with van der Waals surface area (Å²) in [6, 6.07) is 10.3. The van der Waals surface area contributed by atoms with Gasteiger partial charge in [0.05, 0.1) is 25.9 Å². The summed E-state index contributed by atoms with van der Waals surface area (Å²) in [7, 11) is 0. The molecule has 3 nitrogen and oxygen atoms in total. The molecule has 0 saturated carbocycles. The number of ether oxygens (including phenoxy) is 2. The zero-order chi connectivity index (χ0) is 11.9. The normalized spacial score (nSPS) is 24.8. The Morgan fingerprint density at radius 2 is 2.06 bits per heavy atom. The maximum atomic E-state index is 5.72. The molecule has 1 aromatic rings. The van der Waals surface area contributed by atoms with Gasteiger partial charge in [0.25, 0.3) is 0 Å². The van der Waals surface area contributed by atoms with Crippen molar-refractivity contribution in [2.24, 2.45) is 11.7 Å². The van der Waals surface area contributed by atoms with E-state index in [1.54, 1.807) is 0 Å². The van der Waals surface area contributed by atoms with Crippen molar-refractivity contribution >= 4 is 0 Å². The summed E-state index contributed by atoms with van der Waals surface area (Å²) in [6.07, 6.45) is 2.49. The number of benzene rings is 1. The van der Waals surface area contributed by atoms with E-state index in [9.17, 15) is 0 Å². The van der Waals surface area contributed by atoms with Crippen LogP contribution in [0, 0.1) is 5.92 Å². The van der Waals surface area contributed by atoms with Crippen molar-refractivity contribution in [1.29, 1.82) is 0 Å². The highest BCUT2D eigenvalue weighted by molar-refractivity contribution is 5.13. The third kappa shape index (κ3) is 4.11. The minimum atomic E-state index is 0.264. The molecule has 1 heterocycles. The lowest BCUT2D eigenvalue weighted by Gasteiger charge is -2.28. The number of hydrogen-bond donors (Lipinski definition) is 1. The molecule has 1 aliphatic rings. The molecule has 0 aliphatic carbocycles. The minimum absolute atomic E-state index is 0.264. The van der Waals surface area contributed by atoms with Gasteiger partial charge in [0.2, 0.25) is 0 Å². The van der Waals surface area contributed by atoms with Gasteiger partial charge in [0.15, 0.2) is 0 Å². The minimum Gasteiger partial charge on any atom is -0.377 e. The Balaban J connectivity index is 1.63. The standard InChI is InChI=1S/C14H21NO2/c15-8-14-7-6-13(11-17-14)10-16-9-12-4-2-1-3-5-12/h1-5,13-14H,6-11,15H2/t13-,14-/m0/s1. The molecule has 0 unspecified atom stereocenters. The van der Waals surface area contributed by atoms with Gasteiger partial charge in [0.1, 0.15) is 0 Å². The molecule has 3 heteroatoms. The van der Waals surface area contributed by atoms with Gasteiger partial charge in [-0.2, -0.15) is 0 Å². The molecular formula is C14H21NO2. The molecule has 0 aromatic heterocycles. The van der Waals surface area contributed by atoms with E-state index in [0.717, 1.165) is 26.1 Å². The maximum absolute atomic E-state index is 5.72. The maximum Gasteiger partial charge on any atom is 0.0717 e. The number of nitrogens with two attached hydrogens (primary N) is 1. The lowest BCUT2D eigenvalue weighted by molar-refractivity contribution is -0.0403. The summed E-state index contributed by atoms with van der Waals surface area (Å²) in [4.78, 5) is 0. The van der Waals surface area contributed by atoms with Crippen LogP contribution in [0.15, 0.2) is 30.3 Å². The second-order valence-corrected chi connectivity index (χ2v) is 4.64. The van der Waals surface area contributed by atoms with Gasteiger partial charge in [-0.05, 0) is 18.4 Å². The predicted molar refractivity (Wildman–Crippen MR) is 67.6 cm³/mol. The Morgan fingerprint density at radius 3 is 2.71 bits per heavy atom. The fourth-order valence-corrected chi connectivity index (χ4v) is 2.10. The van der Waals surface area contributed by atoms with Crippen LogP contribution in [0.5, 0.6) is 0 Å². The topological polar surface area (TPSA) is 44.5 Å². The van der Waals surface area contributed by atoms with Crippen LogP contribution in [0.1, 0.15) is 18.4 Å². The van der Waals surface area contributed by atoms with E-state index >= 15 is 0 Å². The third-order valence-corrected chi connectivity index (χ3v) is 3.19. The molecule has 0 amide bonds. The van der Waals surface area contributed by atoms with Crippen LogP contribution in [0.3, 0.4) is 0 Å². The molecule has 1 fully saturated rings. The van der Waals surface area contributed by atoms with Gasteiger partial charge < -0.3 is 15.2 Å². The fourth-order valence-electron chi connectivity index (χ4n) is 2.10. The van der Waals surface area contributed by atoms with Crippen LogP contribution in [0.4, 0.5) is 0 Å². The Bertz CT molecular complexity index is 307. The molecule has 0 spiro atoms. The highest BCUT2D eigenvalue weighted by Gasteiger charge is 2.20. The van der Waals surface area contributed by atoms with Gasteiger partial charge in [-0.25, -0.2) is 0 Å². The summed E-state index contributed by atoms with van der Waals surface area (Å²) in [5.74, 6) is 0.529. The van der Waals surface area contributed by atoms with Crippen LogP contribution in [0.2, 0.25) is 0 Å². The first kappa shape index (κ1) is 12.6. The van der Waals surface area contributed by atoms with Crippen molar-refractivity contribution in [2.45, 2.75) is 25.6 Å². The Hall–Kier alpha value is -0.900. The molecule has 17 heavy (non-hydrogen) atoms. The lowest BCUT2D eigenvalue weighted by atomic mass is 9.99. The molecule has 2 N–H and O–H groups in total. The molecule has 1 aromatic carbocycles. The molecule has 0 radical (unpaired) electrons. The van der Waals surface area contributed by atoms with Crippen LogP contribution in [-0.4, -0.2) is 25.9 Å². The summed E-state index contributed by atoms with van der Waals surface area (Å²) in [5.41, 5.74) is 6.79. The smallest absolute Gasteiger partial charge is 0.0717 e. The molecule has 94 valence electrons. The predicted octanol–water partition coefficient (Wildman–Crippen LogP) is 1.96. The second-order valence-electron chi connectivity index (χ2n) is 4.64. The van der Waals surface area contributed by atoms with Gasteiger partial charge >= 0.3 is 0 Å². The van der Waals surface area contributed by atoms with E-state index < -0.39 is 0 Å². The Labute approximate surface area is 103 Å². The number of hydrogen-bond acceptors (Lipinski definition) is 3. The van der Waals surface area contributed by atoms with Gasteiger partial charge in [0, 0.05) is 12.5 Å². The lowest BCUT2D eigenvalue weighted by Crippen LogP contribution is -2.33. The average molecular weight is 235 g/mol. The molecule has 1 saturated heterocycles. The van der Waals surface area contributed by atoms with E-state index in [0.29, 0.717) is 19.1 Å². The zero-order valence-corrected chi connectivity index (χ0v) is 10.2. The number of rotatable bonds is 5. The average Bonchev–Trinajstić information content (AvgIpc) is 2.41. The van der Waals surface area contributed by atoms with E-state index in [-0.39, 0.29) is 6.10 Å². The Kier molecular flexibility index (Phi) is 4.98. The van der Waals surface area contributed by atoms with Crippen LogP contribution in [0.25, 0.3) is 0 Å². The summed E-state index contributed by atoms with van der Waals surface area (Å²) in [6.45, 7) is 2.90. The Morgan fingerprint density at radius 1 is 1.24 bits per heavy atom. The first-order chi connectivity index (χ1) is 8.38. The summed E-state index contributed by atoms with van der Waals surface area (Å²) in [5, 5.41) is 0. The fraction of sp³-hybridized carbons (Fsp3) is 0.571. The summed E-state index contributed by atoms with van der Waals surface area (Å²) >= 11 is 0. The third-order valence-electron chi connectivity index (χ3n) is 3.19. The summed E-state index contributed by atoms with van der Waals surface area (Å²) < 4.78 is 11.4. The molecular weight excluding hydrogens is 214 g/mol. The first-order valence-electron chi connectivity index (χ1n) is 6.32. The van der Waals surface area contributed by atoms with Crippen LogP contribution < -0.4 is 5.73 Å². The van der Waals surface area contributed by atoms with Gasteiger partial charge in [-0.1, -0.05) is 30.3 Å². The molecule has 2 atom stereocenters. The van der Waals surface area contributed by atoms with Crippen molar-refractivity contribution in [3.8, 4) is 0 Å². The highest BCUT2D eigenvalue weighted by Crippen LogP contribution is 2.18. The zero-order valence-electron chi connectivity index (χ0n) is 10.2. The van der Waals surface area contributed by atoms with E-state index in [2.05, 4.69) is 12.1 Å². The van der Waals surface area contributed by atoms with E-state index in [4.69, 9.17) is 15.2 Å². The molecule has 1 aliphatic heterocycles. The van der Waals surface area contributed by atoms with Crippen molar-refractivity contribution in [1.82, 2.24) is 0 Å². The van der Waals surface area contributed by atoms with Crippen molar-refractivity contribution in [3.63, 3.8) is 0 Å². The van der Waals surface area contributed by atoms with E-state index in [1.807, 2.05) is 18.2 Å². The van der Waals surface area contributed by atoms with Crippen molar-refractivity contribution in [2.75, 3.05) is 19.8 Å². The second kappa shape index (κ2) is 6.74. The first-order valence-corrected chi connectivity index (χ1v) is 6.32. The molecule has 2 rings (SSSR count). The largest absolute Gasteiger partial charge is 0.377 e. The monoisotopic (exact) mass is 235 g/mol.